The molecule has 3 aromatic carbocycles. The Hall–Kier alpha value is -4.06. The first kappa shape index (κ1) is 23.7. The monoisotopic (exact) mass is 516 g/mol. The first-order valence-electron chi connectivity index (χ1n) is 10.7. The Labute approximate surface area is 204 Å². The highest BCUT2D eigenvalue weighted by Crippen LogP contribution is 2.37. The van der Waals surface area contributed by atoms with Gasteiger partial charge in [0.1, 0.15) is 0 Å². The van der Waals surface area contributed by atoms with Crippen LogP contribution in [0.2, 0.25) is 0 Å². The molecule has 2 N–H and O–H groups in total. The van der Waals surface area contributed by atoms with Crippen molar-refractivity contribution in [3.05, 3.63) is 71.3 Å². The van der Waals surface area contributed by atoms with Crippen molar-refractivity contribution in [2.75, 3.05) is 16.8 Å². The molecule has 0 unspecified atom stereocenters. The Morgan fingerprint density at radius 3 is 2.19 bits per heavy atom. The number of anilines is 3. The average molecular weight is 517 g/mol. The lowest BCUT2D eigenvalue weighted by atomic mass is 10.1. The van der Waals surface area contributed by atoms with Crippen molar-refractivity contribution >= 4 is 38.4 Å². The van der Waals surface area contributed by atoms with E-state index < -0.39 is 26.7 Å². The molecule has 2 heterocycles. The highest BCUT2D eigenvalue weighted by Gasteiger charge is 2.37. The number of rotatable bonds is 5. The van der Waals surface area contributed by atoms with Crippen molar-refractivity contribution in [3.8, 4) is 11.5 Å². The largest absolute Gasteiger partial charge is 0.454 e. The number of halogens is 3. The number of ether oxygens (including phenoxy) is 2. The molecule has 1 aliphatic heterocycles. The van der Waals surface area contributed by atoms with Gasteiger partial charge in [0.25, 0.3) is 10.0 Å². The fourth-order valence-corrected chi connectivity index (χ4v) is 4.94. The van der Waals surface area contributed by atoms with Crippen molar-refractivity contribution in [3.63, 3.8) is 0 Å². The van der Waals surface area contributed by atoms with Gasteiger partial charge in [-0.25, -0.2) is 18.4 Å². The third kappa shape index (κ3) is 4.47. The number of aromatic nitrogens is 2. The van der Waals surface area contributed by atoms with E-state index in [1.807, 2.05) is 13.8 Å². The van der Waals surface area contributed by atoms with Crippen LogP contribution in [0.3, 0.4) is 0 Å². The molecule has 0 saturated carbocycles. The number of hydrogen-bond acceptors (Lipinski definition) is 7. The van der Waals surface area contributed by atoms with E-state index in [9.17, 15) is 21.6 Å². The van der Waals surface area contributed by atoms with Gasteiger partial charge in [-0.1, -0.05) is 12.1 Å². The number of benzene rings is 3. The van der Waals surface area contributed by atoms with Crippen LogP contribution in [0.5, 0.6) is 11.5 Å². The zero-order chi connectivity index (χ0) is 25.7. The Kier molecular flexibility index (Phi) is 5.62. The lowest BCUT2D eigenvalue weighted by molar-refractivity contribution is -0.139. The van der Waals surface area contributed by atoms with E-state index in [0.29, 0.717) is 34.3 Å². The Morgan fingerprint density at radius 1 is 0.861 bits per heavy atom. The summed E-state index contributed by atoms with van der Waals surface area (Å²) >= 11 is 0. The minimum absolute atomic E-state index is 0.00215. The first-order valence-corrected chi connectivity index (χ1v) is 12.1. The third-order valence-corrected chi connectivity index (χ3v) is 7.03. The van der Waals surface area contributed by atoms with Crippen molar-refractivity contribution in [1.82, 2.24) is 9.97 Å². The fourth-order valence-electron chi connectivity index (χ4n) is 3.70. The van der Waals surface area contributed by atoms with Crippen molar-refractivity contribution < 1.29 is 31.1 Å². The summed E-state index contributed by atoms with van der Waals surface area (Å²) in [5, 5.41) is 2.99. The van der Waals surface area contributed by atoms with Crippen molar-refractivity contribution in [1.29, 1.82) is 0 Å². The predicted octanol–water partition coefficient (Wildman–Crippen LogP) is 5.54. The van der Waals surface area contributed by atoms with Crippen LogP contribution in [0.25, 0.3) is 11.0 Å². The summed E-state index contributed by atoms with van der Waals surface area (Å²) in [6.45, 7) is 3.82. The Morgan fingerprint density at radius 2 is 1.50 bits per heavy atom. The highest BCUT2D eigenvalue weighted by molar-refractivity contribution is 7.92. The van der Waals surface area contributed by atoms with Gasteiger partial charge in [0.15, 0.2) is 23.1 Å². The molecule has 0 saturated heterocycles. The van der Waals surface area contributed by atoms with E-state index in [0.717, 1.165) is 23.3 Å². The zero-order valence-corrected chi connectivity index (χ0v) is 19.8. The molecule has 5 rings (SSSR count). The SMILES string of the molecule is Cc1cc2nc(Nc3ccc4c(c3)OCO4)c(NS(=O)(=O)c3ccccc3C(F)(F)F)nc2cc1C. The third-order valence-electron chi connectivity index (χ3n) is 5.63. The molecular weight excluding hydrogens is 497 g/mol. The summed E-state index contributed by atoms with van der Waals surface area (Å²) in [4.78, 5) is 7.99. The summed E-state index contributed by atoms with van der Waals surface area (Å²) in [6, 6.07) is 12.4. The molecule has 4 aromatic rings. The van der Waals surface area contributed by atoms with Crippen LogP contribution in [0.4, 0.5) is 30.5 Å². The zero-order valence-electron chi connectivity index (χ0n) is 19.0. The minimum Gasteiger partial charge on any atom is -0.454 e. The van der Waals surface area contributed by atoms with Gasteiger partial charge in [-0.3, -0.25) is 4.72 Å². The number of sulfonamides is 1. The van der Waals surface area contributed by atoms with Crippen molar-refractivity contribution in [2.45, 2.75) is 24.9 Å². The van der Waals surface area contributed by atoms with Crippen LogP contribution in [0.15, 0.2) is 59.5 Å². The summed E-state index contributed by atoms with van der Waals surface area (Å²) in [5.41, 5.74) is 1.87. The predicted molar refractivity (Wildman–Crippen MR) is 127 cm³/mol. The number of hydrogen-bond donors (Lipinski definition) is 2. The van der Waals surface area contributed by atoms with E-state index in [1.165, 1.54) is 6.07 Å². The molecule has 36 heavy (non-hydrogen) atoms. The summed E-state index contributed by atoms with van der Waals surface area (Å²) < 4.78 is 79.7. The minimum atomic E-state index is -4.87. The van der Waals surface area contributed by atoms with E-state index in [-0.39, 0.29) is 18.4 Å². The summed E-state index contributed by atoms with van der Waals surface area (Å²) in [6.07, 6.45) is -4.87. The molecule has 1 aliphatic rings. The standard InChI is InChI=1S/C24H19F3N4O4S/c1-13-9-17-18(10-14(13)2)30-23(22(29-17)28-15-7-8-19-20(11-15)35-12-34-19)31-36(32,33)21-6-4-3-5-16(21)24(25,26)27/h3-11H,12H2,1-2H3,(H,28,29)(H,30,31). The Balaban J connectivity index is 1.61. The lowest BCUT2D eigenvalue weighted by Gasteiger charge is -2.17. The second-order valence-corrected chi connectivity index (χ2v) is 9.79. The average Bonchev–Trinajstić information content (AvgIpc) is 3.28. The van der Waals surface area contributed by atoms with Crippen LogP contribution in [-0.2, 0) is 16.2 Å². The van der Waals surface area contributed by atoms with Gasteiger partial charge < -0.3 is 14.8 Å². The quantitative estimate of drug-likeness (QED) is 0.359. The van der Waals surface area contributed by atoms with Crippen LogP contribution in [0, 0.1) is 13.8 Å². The van der Waals surface area contributed by atoms with Crippen LogP contribution in [0.1, 0.15) is 16.7 Å². The number of fused-ring (bicyclic) bond motifs is 2. The molecule has 8 nitrogen and oxygen atoms in total. The van der Waals surface area contributed by atoms with E-state index in [2.05, 4.69) is 20.0 Å². The lowest BCUT2D eigenvalue weighted by Crippen LogP contribution is -2.20. The smallest absolute Gasteiger partial charge is 0.417 e. The normalized spacial score (nSPS) is 13.1. The van der Waals surface area contributed by atoms with Gasteiger partial charge in [-0.15, -0.1) is 0 Å². The molecular formula is C24H19F3N4O4S. The number of nitrogens with one attached hydrogen (secondary N) is 2. The molecule has 0 bridgehead atoms. The second kappa shape index (κ2) is 8.55. The molecule has 186 valence electrons. The first-order chi connectivity index (χ1) is 17.0. The number of nitrogens with zero attached hydrogens (tertiary/aromatic N) is 2. The number of alkyl halides is 3. The van der Waals surface area contributed by atoms with Gasteiger partial charge in [0.2, 0.25) is 6.79 Å². The molecule has 0 radical (unpaired) electrons. The molecule has 0 spiro atoms. The highest BCUT2D eigenvalue weighted by atomic mass is 32.2. The van der Waals surface area contributed by atoms with E-state index >= 15 is 0 Å². The van der Waals surface area contributed by atoms with Crippen LogP contribution >= 0.6 is 0 Å². The number of aryl methyl sites for hydroxylation is 2. The fraction of sp³-hybridized carbons (Fsp3) is 0.167. The molecule has 0 fully saturated rings. The maximum Gasteiger partial charge on any atom is 0.417 e. The Bertz CT molecular complexity index is 1610. The van der Waals surface area contributed by atoms with Gasteiger partial charge in [-0.05, 0) is 61.4 Å². The molecule has 0 atom stereocenters. The van der Waals surface area contributed by atoms with E-state index in [4.69, 9.17) is 9.47 Å². The molecule has 1 aromatic heterocycles. The van der Waals surface area contributed by atoms with Gasteiger partial charge >= 0.3 is 6.18 Å². The van der Waals surface area contributed by atoms with Gasteiger partial charge in [0.05, 0.1) is 21.5 Å². The molecule has 12 heteroatoms. The summed E-state index contributed by atoms with van der Waals surface area (Å²) in [5.74, 6) is 0.750. The molecule has 0 aliphatic carbocycles. The second-order valence-electron chi connectivity index (χ2n) is 8.14. The van der Waals surface area contributed by atoms with Gasteiger partial charge in [0, 0.05) is 11.8 Å². The maximum absolute atomic E-state index is 13.5. The summed E-state index contributed by atoms with van der Waals surface area (Å²) in [7, 11) is -4.70. The van der Waals surface area contributed by atoms with E-state index in [1.54, 1.807) is 30.3 Å². The topological polar surface area (TPSA) is 102 Å². The van der Waals surface area contributed by atoms with Gasteiger partial charge in [-0.2, -0.15) is 13.2 Å². The molecule has 0 amide bonds. The van der Waals surface area contributed by atoms with Crippen LogP contribution < -0.4 is 19.5 Å². The van der Waals surface area contributed by atoms with Crippen molar-refractivity contribution in [2.24, 2.45) is 0 Å². The van der Waals surface area contributed by atoms with Crippen LogP contribution in [-0.4, -0.2) is 25.2 Å². The maximum atomic E-state index is 13.5.